The Balaban J connectivity index is 1.52. The molecule has 1 fully saturated rings. The molecule has 31 heavy (non-hydrogen) atoms. The first-order valence-corrected chi connectivity index (χ1v) is 13.5. The van der Waals surface area contributed by atoms with E-state index in [1.54, 1.807) is 0 Å². The van der Waals surface area contributed by atoms with Crippen LogP contribution in [0.1, 0.15) is 110 Å². The normalized spacial score (nSPS) is 16.9. The highest BCUT2D eigenvalue weighted by molar-refractivity contribution is 5.53. The molecule has 0 bridgehead atoms. The van der Waals surface area contributed by atoms with Crippen molar-refractivity contribution in [3.05, 3.63) is 24.3 Å². The maximum Gasteiger partial charge on any atom is 0.164 e. The van der Waals surface area contributed by atoms with Crippen LogP contribution in [0.25, 0.3) is 0 Å². The lowest BCUT2D eigenvalue weighted by Crippen LogP contribution is -2.55. The smallest absolute Gasteiger partial charge is 0.164 e. The van der Waals surface area contributed by atoms with Gasteiger partial charge in [0.1, 0.15) is 0 Å². The molecule has 1 aromatic carbocycles. The molecule has 0 radical (unpaired) electrons. The van der Waals surface area contributed by atoms with Crippen molar-refractivity contribution in [1.29, 1.82) is 0 Å². The lowest BCUT2D eigenvalue weighted by molar-refractivity contribution is -0.913. The Kier molecular flexibility index (Phi) is 12.4. The molecule has 1 aliphatic heterocycles. The van der Waals surface area contributed by atoms with E-state index < -0.39 is 0 Å². The average molecular weight is 431 g/mol. The van der Waals surface area contributed by atoms with Gasteiger partial charge in [-0.05, 0) is 43.5 Å². The summed E-state index contributed by atoms with van der Waals surface area (Å²) in [5.74, 6) is 0. The van der Waals surface area contributed by atoms with Gasteiger partial charge in [0.25, 0.3) is 0 Å². The molecule has 0 spiro atoms. The van der Waals surface area contributed by atoms with Gasteiger partial charge >= 0.3 is 0 Å². The molecule has 2 rings (SSSR count). The highest BCUT2D eigenvalue weighted by atomic mass is 15.5. The highest BCUT2D eigenvalue weighted by Gasteiger charge is 2.37. The molecule has 1 atom stereocenters. The van der Waals surface area contributed by atoms with E-state index in [1.807, 2.05) is 12.1 Å². The average Bonchev–Trinajstić information content (AvgIpc) is 3.25. The summed E-state index contributed by atoms with van der Waals surface area (Å²) in [6, 6.07) is 8.47. The second-order valence-electron chi connectivity index (χ2n) is 10.5. The van der Waals surface area contributed by atoms with Crippen molar-refractivity contribution in [2.24, 2.45) is 0 Å². The van der Waals surface area contributed by atoms with Gasteiger partial charge in [-0.1, -0.05) is 84.0 Å². The summed E-state index contributed by atoms with van der Waals surface area (Å²) in [6.07, 6.45) is 23.3. The van der Waals surface area contributed by atoms with Crippen molar-refractivity contribution >= 4 is 11.4 Å². The summed E-state index contributed by atoms with van der Waals surface area (Å²) in [6.45, 7) is 4.76. The van der Waals surface area contributed by atoms with Crippen LogP contribution in [-0.2, 0) is 0 Å². The zero-order valence-corrected chi connectivity index (χ0v) is 21.1. The molecule has 0 amide bonds. The van der Waals surface area contributed by atoms with Gasteiger partial charge in [-0.25, -0.2) is 0 Å². The molecule has 1 aliphatic rings. The third kappa shape index (κ3) is 9.85. The van der Waals surface area contributed by atoms with Crippen LogP contribution < -0.4 is 10.6 Å². The number of unbranched alkanes of at least 4 members (excludes halogenated alkanes) is 13. The van der Waals surface area contributed by atoms with Crippen LogP contribution >= 0.6 is 0 Å². The Hall–Kier alpha value is -1.22. The molecule has 0 saturated carbocycles. The van der Waals surface area contributed by atoms with Crippen molar-refractivity contribution in [1.82, 2.24) is 0 Å². The summed E-state index contributed by atoms with van der Waals surface area (Å²) in [5.41, 5.74) is 8.08. The third-order valence-electron chi connectivity index (χ3n) is 7.34. The molecule has 3 heteroatoms. The first kappa shape index (κ1) is 26.0. The standard InChI is InChI=1S/C28H52N3/c1-4-5-6-7-8-9-10-11-12-13-14-15-16-17-25-31(2,3)28-19-18-24-30(28)27-22-20-26(29)21-23-27/h20-23,28H,4-19,24-25,29H2,1-3H3/q+1. The molecule has 1 saturated heterocycles. The quantitative estimate of drug-likeness (QED) is 0.155. The van der Waals surface area contributed by atoms with E-state index in [4.69, 9.17) is 5.73 Å². The number of anilines is 2. The molecule has 0 aromatic heterocycles. The Bertz CT molecular complexity index is 566. The third-order valence-corrected chi connectivity index (χ3v) is 7.34. The number of nitrogens with zero attached hydrogens (tertiary/aromatic N) is 2. The number of hydrogen-bond donors (Lipinski definition) is 1. The fraction of sp³-hybridized carbons (Fsp3) is 0.786. The highest BCUT2D eigenvalue weighted by Crippen LogP contribution is 2.31. The first-order chi connectivity index (χ1) is 15.0. The predicted octanol–water partition coefficient (Wildman–Crippen LogP) is 7.75. The Morgan fingerprint density at radius 2 is 1.26 bits per heavy atom. The van der Waals surface area contributed by atoms with Crippen molar-refractivity contribution in [3.8, 4) is 0 Å². The Morgan fingerprint density at radius 1 is 0.774 bits per heavy atom. The monoisotopic (exact) mass is 430 g/mol. The number of rotatable bonds is 17. The van der Waals surface area contributed by atoms with Gasteiger partial charge in [-0.3, -0.25) is 0 Å². The molecule has 178 valence electrons. The van der Waals surface area contributed by atoms with E-state index in [9.17, 15) is 0 Å². The fourth-order valence-electron chi connectivity index (χ4n) is 5.31. The minimum atomic E-state index is 0.602. The van der Waals surface area contributed by atoms with Crippen LogP contribution in [0.15, 0.2) is 24.3 Å². The molecular formula is C28H52N3+. The zero-order valence-electron chi connectivity index (χ0n) is 21.1. The summed E-state index contributed by atoms with van der Waals surface area (Å²) in [7, 11) is 4.87. The summed E-state index contributed by atoms with van der Waals surface area (Å²) in [5, 5.41) is 0. The van der Waals surface area contributed by atoms with Gasteiger partial charge in [0.2, 0.25) is 0 Å². The van der Waals surface area contributed by atoms with Gasteiger partial charge in [0.05, 0.1) is 20.6 Å². The van der Waals surface area contributed by atoms with Crippen LogP contribution in [0.2, 0.25) is 0 Å². The lowest BCUT2D eigenvalue weighted by atomic mass is 10.0. The maximum absolute atomic E-state index is 5.89. The van der Waals surface area contributed by atoms with Gasteiger partial charge in [0.15, 0.2) is 6.17 Å². The minimum Gasteiger partial charge on any atom is -0.399 e. The van der Waals surface area contributed by atoms with Gasteiger partial charge in [-0.15, -0.1) is 0 Å². The molecule has 1 unspecified atom stereocenters. The van der Waals surface area contributed by atoms with E-state index in [0.717, 1.165) is 10.2 Å². The molecule has 1 heterocycles. The fourth-order valence-corrected chi connectivity index (χ4v) is 5.31. The SMILES string of the molecule is CCCCCCCCCCCCCCCC[N+](C)(C)C1CCCN1c1ccc(N)cc1. The molecule has 2 N–H and O–H groups in total. The van der Waals surface area contributed by atoms with Crippen LogP contribution in [0.4, 0.5) is 11.4 Å². The van der Waals surface area contributed by atoms with Crippen molar-refractivity contribution in [3.63, 3.8) is 0 Å². The number of hydrogen-bond acceptors (Lipinski definition) is 2. The molecule has 3 nitrogen and oxygen atoms in total. The van der Waals surface area contributed by atoms with Crippen molar-refractivity contribution in [2.45, 2.75) is 116 Å². The second kappa shape index (κ2) is 14.8. The summed E-state index contributed by atoms with van der Waals surface area (Å²) in [4.78, 5) is 2.61. The van der Waals surface area contributed by atoms with Crippen molar-refractivity contribution in [2.75, 3.05) is 37.8 Å². The Labute approximate surface area is 194 Å². The second-order valence-corrected chi connectivity index (χ2v) is 10.5. The summed E-state index contributed by atoms with van der Waals surface area (Å²) >= 11 is 0. The van der Waals surface area contributed by atoms with Crippen LogP contribution in [-0.4, -0.2) is 37.8 Å². The number of nitrogen functional groups attached to an aromatic ring is 1. The van der Waals surface area contributed by atoms with Gasteiger partial charge in [0, 0.05) is 24.3 Å². The van der Waals surface area contributed by atoms with Crippen molar-refractivity contribution < 1.29 is 4.48 Å². The van der Waals surface area contributed by atoms with Crippen LogP contribution in [0.3, 0.4) is 0 Å². The molecule has 1 aromatic rings. The molecule has 0 aliphatic carbocycles. The van der Waals surface area contributed by atoms with Gasteiger partial charge < -0.3 is 15.1 Å². The van der Waals surface area contributed by atoms with E-state index in [-0.39, 0.29) is 0 Å². The van der Waals surface area contributed by atoms with Crippen LogP contribution in [0.5, 0.6) is 0 Å². The largest absolute Gasteiger partial charge is 0.399 e. The minimum absolute atomic E-state index is 0.602. The molecular weight excluding hydrogens is 378 g/mol. The van der Waals surface area contributed by atoms with E-state index in [1.165, 1.54) is 122 Å². The Morgan fingerprint density at radius 3 is 1.77 bits per heavy atom. The lowest BCUT2D eigenvalue weighted by Gasteiger charge is -2.41. The predicted molar refractivity (Wildman–Crippen MR) is 139 cm³/mol. The maximum atomic E-state index is 5.89. The first-order valence-electron chi connectivity index (χ1n) is 13.5. The topological polar surface area (TPSA) is 29.3 Å². The van der Waals surface area contributed by atoms with E-state index in [2.05, 4.69) is 38.1 Å². The number of quaternary nitrogens is 1. The van der Waals surface area contributed by atoms with E-state index >= 15 is 0 Å². The number of nitrogens with two attached hydrogens (primary N) is 1. The van der Waals surface area contributed by atoms with Crippen LogP contribution in [0, 0.1) is 0 Å². The summed E-state index contributed by atoms with van der Waals surface area (Å²) < 4.78 is 1.11. The number of benzene rings is 1. The zero-order chi connectivity index (χ0) is 22.4. The van der Waals surface area contributed by atoms with Gasteiger partial charge in [-0.2, -0.15) is 0 Å². The van der Waals surface area contributed by atoms with E-state index in [0.29, 0.717) is 6.17 Å².